The van der Waals surface area contributed by atoms with Crippen LogP contribution < -0.4 is 4.90 Å². The lowest BCUT2D eigenvalue weighted by Gasteiger charge is -2.27. The molecule has 0 radical (unpaired) electrons. The van der Waals surface area contributed by atoms with Gasteiger partial charge in [-0.2, -0.15) is 0 Å². The van der Waals surface area contributed by atoms with Gasteiger partial charge in [-0.1, -0.05) is 170 Å². The zero-order valence-corrected chi connectivity index (χ0v) is 33.9. The maximum absolute atomic E-state index is 6.17. The zero-order valence-electron chi connectivity index (χ0n) is 33.9. The first-order chi connectivity index (χ1) is 30.7. The van der Waals surface area contributed by atoms with Crippen LogP contribution in [-0.2, 0) is 0 Å². The van der Waals surface area contributed by atoms with E-state index >= 15 is 0 Å². The molecule has 0 aliphatic carbocycles. The highest BCUT2D eigenvalue weighted by Crippen LogP contribution is 2.41. The van der Waals surface area contributed by atoms with Crippen LogP contribution in [0.5, 0.6) is 0 Å². The molecule has 292 valence electrons. The molecule has 0 unspecified atom stereocenters. The Kier molecular flexibility index (Phi) is 9.53. The number of fused-ring (bicyclic) bond motifs is 3. The molecule has 11 rings (SSSR count). The summed E-state index contributed by atoms with van der Waals surface area (Å²) in [6.07, 6.45) is 0. The Balaban J connectivity index is 0.951. The minimum absolute atomic E-state index is 0.637. The third-order valence-electron chi connectivity index (χ3n) is 11.7. The topological polar surface area (TPSA) is 29.3 Å². The van der Waals surface area contributed by atoms with Gasteiger partial charge in [-0.05, 0) is 134 Å². The molecule has 3 nitrogen and oxygen atoms in total. The average molecular weight is 793 g/mol. The number of nitrogens with zero attached hydrogens (tertiary/aromatic N) is 2. The molecule has 0 fully saturated rings. The van der Waals surface area contributed by atoms with Gasteiger partial charge in [0.05, 0.1) is 0 Å². The SMILES string of the molecule is c1ccc(-c2cccc(-c3ccc(N(c4ccccc4)c4cc(-c5ccccc5)cc(-c5ccc(-c6ccc7c(ccc8oc(-c9ccccc9)nc87)c6)cc5)c4)cc3)c2)cc1. The largest absolute Gasteiger partial charge is 0.436 e. The molecule has 0 amide bonds. The van der Waals surface area contributed by atoms with E-state index in [1.54, 1.807) is 0 Å². The number of hydrogen-bond donors (Lipinski definition) is 0. The average Bonchev–Trinajstić information content (AvgIpc) is 3.81. The van der Waals surface area contributed by atoms with Gasteiger partial charge in [-0.3, -0.25) is 0 Å². The van der Waals surface area contributed by atoms with E-state index in [0.717, 1.165) is 72.3 Å². The number of rotatable bonds is 9. The second-order valence-electron chi connectivity index (χ2n) is 15.6. The third-order valence-corrected chi connectivity index (χ3v) is 11.7. The highest BCUT2D eigenvalue weighted by Gasteiger charge is 2.17. The van der Waals surface area contributed by atoms with Crippen molar-refractivity contribution in [2.24, 2.45) is 0 Å². The van der Waals surface area contributed by atoms with E-state index < -0.39 is 0 Å². The van der Waals surface area contributed by atoms with Crippen molar-refractivity contribution < 1.29 is 4.42 Å². The summed E-state index contributed by atoms with van der Waals surface area (Å²) in [4.78, 5) is 7.26. The minimum Gasteiger partial charge on any atom is -0.436 e. The number of anilines is 3. The van der Waals surface area contributed by atoms with E-state index in [0.29, 0.717) is 5.89 Å². The van der Waals surface area contributed by atoms with Crippen molar-refractivity contribution in [3.05, 3.63) is 243 Å². The van der Waals surface area contributed by atoms with Crippen LogP contribution in [0.2, 0.25) is 0 Å². The molecule has 3 heteroatoms. The van der Waals surface area contributed by atoms with Crippen LogP contribution in [0.15, 0.2) is 247 Å². The van der Waals surface area contributed by atoms with Gasteiger partial charge < -0.3 is 9.32 Å². The lowest BCUT2D eigenvalue weighted by Crippen LogP contribution is -2.10. The summed E-state index contributed by atoms with van der Waals surface area (Å²) in [6, 6.07) is 86.3. The van der Waals surface area contributed by atoms with Crippen molar-refractivity contribution in [3.63, 3.8) is 0 Å². The van der Waals surface area contributed by atoms with Crippen molar-refractivity contribution in [3.8, 4) is 67.1 Å². The highest BCUT2D eigenvalue weighted by atomic mass is 16.3. The molecule has 0 saturated heterocycles. The zero-order chi connectivity index (χ0) is 41.2. The van der Waals surface area contributed by atoms with Gasteiger partial charge >= 0.3 is 0 Å². The summed E-state index contributed by atoms with van der Waals surface area (Å²) in [6.45, 7) is 0. The second-order valence-corrected chi connectivity index (χ2v) is 15.6. The fraction of sp³-hybridized carbons (Fsp3) is 0. The fourth-order valence-electron chi connectivity index (χ4n) is 8.50. The Morgan fingerprint density at radius 3 is 1.34 bits per heavy atom. The molecule has 0 aliphatic rings. The number of oxazole rings is 1. The molecule has 1 aromatic heterocycles. The van der Waals surface area contributed by atoms with E-state index in [1.807, 2.05) is 36.4 Å². The van der Waals surface area contributed by atoms with Crippen LogP contribution in [0.25, 0.3) is 89.0 Å². The van der Waals surface area contributed by atoms with E-state index in [-0.39, 0.29) is 0 Å². The van der Waals surface area contributed by atoms with Gasteiger partial charge in [0, 0.05) is 28.0 Å². The maximum Gasteiger partial charge on any atom is 0.227 e. The van der Waals surface area contributed by atoms with Gasteiger partial charge in [0.15, 0.2) is 5.58 Å². The summed E-state index contributed by atoms with van der Waals surface area (Å²) in [5.41, 5.74) is 17.6. The first-order valence-electron chi connectivity index (χ1n) is 21.0. The van der Waals surface area contributed by atoms with E-state index in [2.05, 4.69) is 211 Å². The lowest BCUT2D eigenvalue weighted by atomic mass is 9.95. The normalized spacial score (nSPS) is 11.2. The third kappa shape index (κ3) is 7.23. The van der Waals surface area contributed by atoms with Crippen molar-refractivity contribution in [1.29, 1.82) is 0 Å². The number of hydrogen-bond acceptors (Lipinski definition) is 3. The maximum atomic E-state index is 6.17. The van der Waals surface area contributed by atoms with Crippen molar-refractivity contribution in [2.45, 2.75) is 0 Å². The molecule has 0 spiro atoms. The van der Waals surface area contributed by atoms with Gasteiger partial charge in [0.2, 0.25) is 5.89 Å². The van der Waals surface area contributed by atoms with Crippen molar-refractivity contribution >= 4 is 38.9 Å². The summed E-state index contributed by atoms with van der Waals surface area (Å²) >= 11 is 0. The van der Waals surface area contributed by atoms with Crippen LogP contribution in [0.1, 0.15) is 0 Å². The predicted octanol–water partition coefficient (Wildman–Crippen LogP) is 16.5. The molecule has 0 atom stereocenters. The Morgan fingerprint density at radius 1 is 0.290 bits per heavy atom. The number of benzene rings is 10. The summed E-state index contributed by atoms with van der Waals surface area (Å²) in [5.74, 6) is 0.637. The Bertz CT molecular complexity index is 3300. The smallest absolute Gasteiger partial charge is 0.227 e. The standard InChI is InChI=1S/C59H40N2O/c1-5-14-41(15-6-1)47-20-13-21-48(36-47)44-28-32-54(33-29-44)61(53-22-11-4-12-23-53)55-39-51(42-16-7-2-8-17-42)38-52(40-55)45-26-24-43(25-27-45)49-30-34-56-50(37-49)31-35-57-58(56)60-59(62-57)46-18-9-3-10-19-46/h1-40H. The molecular formula is C59H40N2O. The number of para-hydroxylation sites is 1. The van der Waals surface area contributed by atoms with E-state index in [4.69, 9.17) is 9.40 Å². The van der Waals surface area contributed by atoms with Crippen molar-refractivity contribution in [1.82, 2.24) is 4.98 Å². The Morgan fingerprint density at radius 2 is 0.726 bits per heavy atom. The summed E-state index contributed by atoms with van der Waals surface area (Å²) in [7, 11) is 0. The quantitative estimate of drug-likeness (QED) is 0.146. The number of aromatic nitrogens is 1. The van der Waals surface area contributed by atoms with Crippen molar-refractivity contribution in [2.75, 3.05) is 4.90 Å². The van der Waals surface area contributed by atoms with Gasteiger partial charge in [-0.25, -0.2) is 4.98 Å². The minimum atomic E-state index is 0.637. The van der Waals surface area contributed by atoms with E-state index in [1.165, 1.54) is 27.8 Å². The Hall–Kier alpha value is -8.27. The van der Waals surface area contributed by atoms with Gasteiger partial charge in [0.1, 0.15) is 5.52 Å². The van der Waals surface area contributed by atoms with Crippen LogP contribution in [0.4, 0.5) is 17.1 Å². The van der Waals surface area contributed by atoms with Crippen LogP contribution in [0, 0.1) is 0 Å². The summed E-state index contributed by atoms with van der Waals surface area (Å²) < 4.78 is 6.17. The molecule has 0 N–H and O–H groups in total. The second kappa shape index (κ2) is 16.1. The molecule has 10 aromatic carbocycles. The predicted molar refractivity (Wildman–Crippen MR) is 259 cm³/mol. The first-order valence-corrected chi connectivity index (χ1v) is 21.0. The van der Waals surface area contributed by atoms with Gasteiger partial charge in [0.25, 0.3) is 0 Å². The van der Waals surface area contributed by atoms with Gasteiger partial charge in [-0.15, -0.1) is 0 Å². The first kappa shape index (κ1) is 36.8. The lowest BCUT2D eigenvalue weighted by molar-refractivity contribution is 0.620. The van der Waals surface area contributed by atoms with Crippen LogP contribution in [0.3, 0.4) is 0 Å². The van der Waals surface area contributed by atoms with Crippen LogP contribution >= 0.6 is 0 Å². The van der Waals surface area contributed by atoms with Crippen LogP contribution in [-0.4, -0.2) is 4.98 Å². The summed E-state index contributed by atoms with van der Waals surface area (Å²) in [5, 5.41) is 2.20. The molecule has 0 bridgehead atoms. The molecule has 0 aliphatic heterocycles. The van der Waals surface area contributed by atoms with E-state index in [9.17, 15) is 0 Å². The molecule has 0 saturated carbocycles. The molecule has 62 heavy (non-hydrogen) atoms. The molecule has 11 aromatic rings. The Labute approximate surface area is 361 Å². The molecular weight excluding hydrogens is 753 g/mol. The highest BCUT2D eigenvalue weighted by molar-refractivity contribution is 6.05. The fourth-order valence-corrected chi connectivity index (χ4v) is 8.50. The monoisotopic (exact) mass is 792 g/mol. The molecule has 1 heterocycles.